The van der Waals surface area contributed by atoms with E-state index in [9.17, 15) is 9.59 Å². The lowest BCUT2D eigenvalue weighted by atomic mass is 10.1. The molecule has 0 heterocycles. The van der Waals surface area contributed by atoms with Gasteiger partial charge in [-0.05, 0) is 73.0 Å². The maximum Gasteiger partial charge on any atom is 0.258 e. The van der Waals surface area contributed by atoms with Gasteiger partial charge in [0.15, 0.2) is 18.1 Å². The van der Waals surface area contributed by atoms with Gasteiger partial charge >= 0.3 is 0 Å². The summed E-state index contributed by atoms with van der Waals surface area (Å²) in [6, 6.07) is 17.9. The van der Waals surface area contributed by atoms with Gasteiger partial charge in [-0.25, -0.2) is 0 Å². The summed E-state index contributed by atoms with van der Waals surface area (Å²) in [5, 5.41) is 5.72. The average Bonchev–Trinajstić information content (AvgIpc) is 2.84. The summed E-state index contributed by atoms with van der Waals surface area (Å²) in [4.78, 5) is 24.7. The predicted molar refractivity (Wildman–Crippen MR) is 127 cm³/mol. The summed E-state index contributed by atoms with van der Waals surface area (Å²) in [5.41, 5.74) is 4.30. The van der Waals surface area contributed by atoms with Crippen LogP contribution in [0.4, 0.5) is 5.69 Å². The van der Waals surface area contributed by atoms with Gasteiger partial charge in [0.2, 0.25) is 0 Å². The van der Waals surface area contributed by atoms with Crippen molar-refractivity contribution in [1.29, 1.82) is 0 Å². The summed E-state index contributed by atoms with van der Waals surface area (Å²) in [6.07, 6.45) is 0. The maximum absolute atomic E-state index is 12.5. The fourth-order valence-electron chi connectivity index (χ4n) is 3.17. The summed E-state index contributed by atoms with van der Waals surface area (Å²) < 4.78 is 16.0. The molecule has 0 aromatic heterocycles. The fraction of sp³-hybridized carbons (Fsp3) is 0.231. The van der Waals surface area contributed by atoms with Gasteiger partial charge in [-0.3, -0.25) is 9.59 Å². The molecule has 0 aliphatic heterocycles. The molecule has 0 saturated heterocycles. The van der Waals surface area contributed by atoms with Crippen molar-refractivity contribution in [3.05, 3.63) is 82.9 Å². The Morgan fingerprint density at radius 1 is 0.879 bits per heavy atom. The maximum atomic E-state index is 12.5. The van der Waals surface area contributed by atoms with Gasteiger partial charge < -0.3 is 24.8 Å². The molecule has 3 aromatic rings. The minimum Gasteiger partial charge on any atom is -0.493 e. The van der Waals surface area contributed by atoms with Crippen LogP contribution in [0.25, 0.3) is 0 Å². The van der Waals surface area contributed by atoms with Gasteiger partial charge in [-0.15, -0.1) is 0 Å². The topological polar surface area (TPSA) is 85.9 Å². The molecule has 2 N–H and O–H groups in total. The largest absolute Gasteiger partial charge is 0.493 e. The Morgan fingerprint density at radius 2 is 1.61 bits per heavy atom. The Hall–Kier alpha value is -4.00. The number of carbonyl (C=O) groups excluding carboxylic acids is 2. The number of rotatable bonds is 9. The van der Waals surface area contributed by atoms with Gasteiger partial charge in [0, 0.05) is 17.8 Å². The molecule has 0 aliphatic carbocycles. The summed E-state index contributed by atoms with van der Waals surface area (Å²) >= 11 is 0. The number of methoxy groups -OCH3 is 2. The second kappa shape index (κ2) is 11.0. The van der Waals surface area contributed by atoms with Crippen LogP contribution in [0.5, 0.6) is 17.2 Å². The average molecular weight is 449 g/mol. The SMILES string of the molecule is COc1ccc(CNC(=O)COc2ccc(C(=O)Nc3cccc(C)c3C)cc2)cc1OC. The number of amides is 2. The first-order valence-electron chi connectivity index (χ1n) is 10.5. The molecule has 33 heavy (non-hydrogen) atoms. The zero-order chi connectivity index (χ0) is 23.8. The Morgan fingerprint density at radius 3 is 2.30 bits per heavy atom. The highest BCUT2D eigenvalue weighted by Gasteiger charge is 2.10. The molecule has 0 spiro atoms. The second-order valence-electron chi connectivity index (χ2n) is 7.48. The molecule has 0 fully saturated rings. The van der Waals surface area contributed by atoms with Crippen LogP contribution in [0.15, 0.2) is 60.7 Å². The van der Waals surface area contributed by atoms with Gasteiger partial charge in [-0.2, -0.15) is 0 Å². The van der Waals surface area contributed by atoms with E-state index < -0.39 is 0 Å². The molecule has 3 aromatic carbocycles. The number of benzene rings is 3. The number of ether oxygens (including phenoxy) is 3. The van der Waals surface area contributed by atoms with Crippen LogP contribution in [0.2, 0.25) is 0 Å². The van der Waals surface area contributed by atoms with Crippen LogP contribution in [0.1, 0.15) is 27.0 Å². The molecule has 2 amide bonds. The van der Waals surface area contributed by atoms with Crippen molar-refractivity contribution in [2.45, 2.75) is 20.4 Å². The molecule has 7 heteroatoms. The lowest BCUT2D eigenvalue weighted by Gasteiger charge is -2.12. The Bertz CT molecular complexity index is 1130. The van der Waals surface area contributed by atoms with E-state index in [1.54, 1.807) is 44.6 Å². The highest BCUT2D eigenvalue weighted by atomic mass is 16.5. The molecular formula is C26H28N2O5. The molecular weight excluding hydrogens is 420 g/mol. The van der Waals surface area contributed by atoms with Crippen LogP contribution >= 0.6 is 0 Å². The molecule has 0 aliphatic rings. The minimum atomic E-state index is -0.262. The second-order valence-corrected chi connectivity index (χ2v) is 7.48. The minimum absolute atomic E-state index is 0.138. The molecule has 0 bridgehead atoms. The van der Waals surface area contributed by atoms with E-state index in [0.29, 0.717) is 29.4 Å². The molecule has 0 unspecified atom stereocenters. The van der Waals surface area contributed by atoms with Crippen LogP contribution < -0.4 is 24.8 Å². The van der Waals surface area contributed by atoms with Gasteiger partial charge in [-0.1, -0.05) is 18.2 Å². The first-order chi connectivity index (χ1) is 15.9. The van der Waals surface area contributed by atoms with E-state index in [-0.39, 0.29) is 18.4 Å². The standard InChI is InChI=1S/C26H28N2O5/c1-17-6-5-7-22(18(17)2)28-26(30)20-9-11-21(12-10-20)33-16-25(29)27-15-19-8-13-23(31-3)24(14-19)32-4/h5-14H,15-16H2,1-4H3,(H,27,29)(H,28,30). The van der Waals surface area contributed by atoms with E-state index in [1.165, 1.54) is 0 Å². The Kier molecular flexibility index (Phi) is 7.91. The summed E-state index contributed by atoms with van der Waals surface area (Å²) in [6.45, 7) is 4.17. The lowest BCUT2D eigenvalue weighted by molar-refractivity contribution is -0.123. The predicted octanol–water partition coefficient (Wildman–Crippen LogP) is 4.27. The molecule has 0 atom stereocenters. The smallest absolute Gasteiger partial charge is 0.258 e. The third-order valence-corrected chi connectivity index (χ3v) is 5.28. The van der Waals surface area contributed by atoms with Crippen molar-refractivity contribution in [3.63, 3.8) is 0 Å². The molecule has 0 radical (unpaired) electrons. The van der Waals surface area contributed by atoms with Crippen molar-refractivity contribution in [3.8, 4) is 17.2 Å². The number of anilines is 1. The van der Waals surface area contributed by atoms with E-state index in [4.69, 9.17) is 14.2 Å². The van der Waals surface area contributed by atoms with E-state index in [1.807, 2.05) is 44.2 Å². The third-order valence-electron chi connectivity index (χ3n) is 5.28. The quantitative estimate of drug-likeness (QED) is 0.511. The molecule has 0 saturated carbocycles. The van der Waals surface area contributed by atoms with E-state index >= 15 is 0 Å². The molecule has 3 rings (SSSR count). The van der Waals surface area contributed by atoms with Crippen molar-refractivity contribution in [1.82, 2.24) is 5.32 Å². The normalized spacial score (nSPS) is 10.3. The zero-order valence-corrected chi connectivity index (χ0v) is 19.2. The van der Waals surface area contributed by atoms with Crippen molar-refractivity contribution in [2.75, 3.05) is 26.1 Å². The van der Waals surface area contributed by atoms with Gasteiger partial charge in [0.25, 0.3) is 11.8 Å². The Balaban J connectivity index is 1.49. The van der Waals surface area contributed by atoms with Crippen LogP contribution in [-0.4, -0.2) is 32.6 Å². The highest BCUT2D eigenvalue weighted by Crippen LogP contribution is 2.27. The zero-order valence-electron chi connectivity index (χ0n) is 19.2. The third kappa shape index (κ3) is 6.26. The fourth-order valence-corrected chi connectivity index (χ4v) is 3.17. The van der Waals surface area contributed by atoms with Crippen molar-refractivity contribution < 1.29 is 23.8 Å². The number of nitrogens with one attached hydrogen (secondary N) is 2. The highest BCUT2D eigenvalue weighted by molar-refractivity contribution is 6.04. The van der Waals surface area contributed by atoms with E-state index in [2.05, 4.69) is 10.6 Å². The first kappa shape index (κ1) is 23.7. The van der Waals surface area contributed by atoms with Gasteiger partial charge in [0.1, 0.15) is 5.75 Å². The van der Waals surface area contributed by atoms with Crippen molar-refractivity contribution in [2.24, 2.45) is 0 Å². The van der Waals surface area contributed by atoms with Crippen molar-refractivity contribution >= 4 is 17.5 Å². The first-order valence-corrected chi connectivity index (χ1v) is 10.5. The molecule has 7 nitrogen and oxygen atoms in total. The number of hydrogen-bond donors (Lipinski definition) is 2. The van der Waals surface area contributed by atoms with Crippen LogP contribution in [-0.2, 0) is 11.3 Å². The summed E-state index contributed by atoms with van der Waals surface area (Å²) in [7, 11) is 3.13. The molecule has 172 valence electrons. The van der Waals surface area contributed by atoms with Gasteiger partial charge in [0.05, 0.1) is 14.2 Å². The van der Waals surface area contributed by atoms with Crippen LogP contribution in [0.3, 0.4) is 0 Å². The number of hydrogen-bond acceptors (Lipinski definition) is 5. The monoisotopic (exact) mass is 448 g/mol. The number of carbonyl (C=O) groups is 2. The number of aryl methyl sites for hydroxylation is 1. The summed E-state index contributed by atoms with van der Waals surface area (Å²) in [5.74, 6) is 1.26. The van der Waals surface area contributed by atoms with Crippen LogP contribution in [0, 0.1) is 13.8 Å². The lowest BCUT2D eigenvalue weighted by Crippen LogP contribution is -2.28. The Labute approximate surface area is 193 Å². The van der Waals surface area contributed by atoms with E-state index in [0.717, 1.165) is 22.4 Å².